The van der Waals surface area contributed by atoms with Crippen molar-refractivity contribution in [3.63, 3.8) is 0 Å². The van der Waals surface area contributed by atoms with Gasteiger partial charge in [0.15, 0.2) is 6.29 Å². The Morgan fingerprint density at radius 1 is 1.54 bits per heavy atom. The van der Waals surface area contributed by atoms with Gasteiger partial charge in [0.05, 0.1) is 11.4 Å². The van der Waals surface area contributed by atoms with E-state index in [0.29, 0.717) is 5.69 Å². The fraction of sp³-hybridized carbons (Fsp3) is 0.200. The quantitative estimate of drug-likeness (QED) is 0.649. The number of aromatic nitrogens is 2. The summed E-state index contributed by atoms with van der Waals surface area (Å²) in [4.78, 5) is 15.0. The third-order valence-electron chi connectivity index (χ3n) is 2.06. The molecule has 0 saturated carbocycles. The summed E-state index contributed by atoms with van der Waals surface area (Å²) in [5, 5.41) is 0. The average Bonchev–Trinajstić information content (AvgIpc) is 2.59. The van der Waals surface area contributed by atoms with E-state index in [1.54, 1.807) is 6.07 Å². The van der Waals surface area contributed by atoms with Gasteiger partial charge in [-0.3, -0.25) is 9.20 Å². The molecule has 0 aliphatic rings. The minimum absolute atomic E-state index is 0.643. The van der Waals surface area contributed by atoms with Crippen molar-refractivity contribution in [3.8, 4) is 0 Å². The Balaban J connectivity index is 2.74. The normalized spacial score (nSPS) is 10.5. The third kappa shape index (κ3) is 1.22. The van der Waals surface area contributed by atoms with Gasteiger partial charge in [0, 0.05) is 6.20 Å². The number of pyridine rings is 1. The minimum Gasteiger partial charge on any atom is -0.297 e. The molecule has 0 amide bonds. The predicted molar refractivity (Wildman–Crippen MR) is 50.0 cm³/mol. The molecule has 2 aromatic heterocycles. The topological polar surface area (TPSA) is 34.4 Å². The molecule has 0 N–H and O–H groups in total. The zero-order valence-corrected chi connectivity index (χ0v) is 7.40. The summed E-state index contributed by atoms with van der Waals surface area (Å²) in [6.07, 6.45) is 3.63. The van der Waals surface area contributed by atoms with Gasteiger partial charge in [-0.15, -0.1) is 0 Å². The predicted octanol–water partition coefficient (Wildman–Crippen LogP) is 1.71. The first-order chi connectivity index (χ1) is 6.35. The fourth-order valence-corrected chi connectivity index (χ4v) is 1.35. The van der Waals surface area contributed by atoms with Crippen LogP contribution in [-0.4, -0.2) is 15.7 Å². The Morgan fingerprint density at radius 3 is 3.08 bits per heavy atom. The molecule has 0 aliphatic carbocycles. The number of aryl methyl sites for hydroxylation is 1. The van der Waals surface area contributed by atoms with Crippen LogP contribution in [0.5, 0.6) is 0 Å². The van der Waals surface area contributed by atoms with Crippen LogP contribution in [-0.2, 0) is 6.42 Å². The second-order valence-electron chi connectivity index (χ2n) is 2.88. The summed E-state index contributed by atoms with van der Waals surface area (Å²) in [5.74, 6) is 0. The summed E-state index contributed by atoms with van der Waals surface area (Å²) >= 11 is 0. The van der Waals surface area contributed by atoms with Gasteiger partial charge in [0.1, 0.15) is 5.65 Å². The molecule has 0 unspecified atom stereocenters. The SMILES string of the molecule is CCc1cn2c(C=O)cccc2n1. The van der Waals surface area contributed by atoms with Crippen LogP contribution in [0.15, 0.2) is 24.4 Å². The van der Waals surface area contributed by atoms with Gasteiger partial charge in [0.25, 0.3) is 0 Å². The summed E-state index contributed by atoms with van der Waals surface area (Å²) < 4.78 is 1.81. The van der Waals surface area contributed by atoms with E-state index in [9.17, 15) is 4.79 Å². The van der Waals surface area contributed by atoms with E-state index < -0.39 is 0 Å². The molecule has 2 heterocycles. The van der Waals surface area contributed by atoms with Crippen LogP contribution >= 0.6 is 0 Å². The van der Waals surface area contributed by atoms with E-state index in [1.807, 2.05) is 29.7 Å². The van der Waals surface area contributed by atoms with E-state index in [-0.39, 0.29) is 0 Å². The fourth-order valence-electron chi connectivity index (χ4n) is 1.35. The first-order valence-electron chi connectivity index (χ1n) is 4.27. The number of rotatable bonds is 2. The van der Waals surface area contributed by atoms with Gasteiger partial charge in [-0.05, 0) is 18.6 Å². The van der Waals surface area contributed by atoms with Crippen LogP contribution < -0.4 is 0 Å². The van der Waals surface area contributed by atoms with Gasteiger partial charge >= 0.3 is 0 Å². The Morgan fingerprint density at radius 2 is 2.38 bits per heavy atom. The van der Waals surface area contributed by atoms with Gasteiger partial charge in [-0.25, -0.2) is 4.98 Å². The van der Waals surface area contributed by atoms with Crippen LogP contribution in [0.4, 0.5) is 0 Å². The Kier molecular flexibility index (Phi) is 1.85. The summed E-state index contributed by atoms with van der Waals surface area (Å²) in [5.41, 5.74) is 2.49. The van der Waals surface area contributed by atoms with Crippen molar-refractivity contribution in [3.05, 3.63) is 35.8 Å². The molecular formula is C10H10N2O. The lowest BCUT2D eigenvalue weighted by Crippen LogP contribution is -1.91. The van der Waals surface area contributed by atoms with E-state index >= 15 is 0 Å². The first kappa shape index (κ1) is 7.98. The zero-order valence-electron chi connectivity index (χ0n) is 7.40. The molecule has 0 bridgehead atoms. The molecule has 13 heavy (non-hydrogen) atoms. The second kappa shape index (κ2) is 3.01. The Labute approximate surface area is 76.0 Å². The maximum Gasteiger partial charge on any atom is 0.166 e. The highest BCUT2D eigenvalue weighted by molar-refractivity contribution is 5.73. The van der Waals surface area contributed by atoms with Crippen molar-refractivity contribution in [1.29, 1.82) is 0 Å². The van der Waals surface area contributed by atoms with Crippen LogP contribution in [0.3, 0.4) is 0 Å². The molecular weight excluding hydrogens is 164 g/mol. The molecule has 0 saturated heterocycles. The van der Waals surface area contributed by atoms with Crippen molar-refractivity contribution >= 4 is 11.9 Å². The van der Waals surface area contributed by atoms with Crippen molar-refractivity contribution in [2.24, 2.45) is 0 Å². The lowest BCUT2D eigenvalue weighted by atomic mass is 10.3. The number of aldehydes is 1. The summed E-state index contributed by atoms with van der Waals surface area (Å²) in [7, 11) is 0. The first-order valence-corrected chi connectivity index (χ1v) is 4.27. The van der Waals surface area contributed by atoms with Gasteiger partial charge in [0.2, 0.25) is 0 Å². The number of carbonyl (C=O) groups is 1. The molecule has 0 spiro atoms. The monoisotopic (exact) mass is 174 g/mol. The molecule has 0 atom stereocenters. The number of hydrogen-bond acceptors (Lipinski definition) is 2. The summed E-state index contributed by atoms with van der Waals surface area (Å²) in [6.45, 7) is 2.04. The number of fused-ring (bicyclic) bond motifs is 1. The molecule has 0 aromatic carbocycles. The van der Waals surface area contributed by atoms with Crippen LogP contribution in [0, 0.1) is 0 Å². The molecule has 0 fully saturated rings. The Bertz CT molecular complexity index is 445. The third-order valence-corrected chi connectivity index (χ3v) is 2.06. The molecule has 2 rings (SSSR count). The highest BCUT2D eigenvalue weighted by atomic mass is 16.1. The van der Waals surface area contributed by atoms with E-state index in [0.717, 1.165) is 24.0 Å². The number of hydrogen-bond donors (Lipinski definition) is 0. The van der Waals surface area contributed by atoms with Crippen molar-refractivity contribution < 1.29 is 4.79 Å². The largest absolute Gasteiger partial charge is 0.297 e. The van der Waals surface area contributed by atoms with Gasteiger partial charge in [-0.1, -0.05) is 13.0 Å². The maximum atomic E-state index is 10.7. The molecule has 66 valence electrons. The molecule has 3 heteroatoms. The standard InChI is InChI=1S/C10H10N2O/c1-2-8-6-12-9(7-13)4-3-5-10(12)11-8/h3-7H,2H2,1H3. The van der Waals surface area contributed by atoms with Gasteiger partial charge < -0.3 is 0 Å². The van der Waals surface area contributed by atoms with Crippen molar-refractivity contribution in [2.45, 2.75) is 13.3 Å². The molecule has 2 aromatic rings. The zero-order chi connectivity index (χ0) is 9.26. The molecule has 0 aliphatic heterocycles. The average molecular weight is 174 g/mol. The maximum absolute atomic E-state index is 10.7. The second-order valence-corrected chi connectivity index (χ2v) is 2.88. The lowest BCUT2D eigenvalue weighted by Gasteiger charge is -1.94. The summed E-state index contributed by atoms with van der Waals surface area (Å²) in [6, 6.07) is 5.51. The number of imidazole rings is 1. The van der Waals surface area contributed by atoms with E-state index in [2.05, 4.69) is 4.98 Å². The number of carbonyl (C=O) groups excluding carboxylic acids is 1. The highest BCUT2D eigenvalue weighted by Gasteiger charge is 2.01. The van der Waals surface area contributed by atoms with Crippen molar-refractivity contribution in [2.75, 3.05) is 0 Å². The highest BCUT2D eigenvalue weighted by Crippen LogP contribution is 2.07. The molecule has 0 radical (unpaired) electrons. The number of nitrogens with zero attached hydrogens (tertiary/aromatic N) is 2. The smallest absolute Gasteiger partial charge is 0.166 e. The van der Waals surface area contributed by atoms with Crippen molar-refractivity contribution in [1.82, 2.24) is 9.38 Å². The molecule has 3 nitrogen and oxygen atoms in total. The van der Waals surface area contributed by atoms with Crippen LogP contribution in [0.1, 0.15) is 23.1 Å². The lowest BCUT2D eigenvalue weighted by molar-refractivity contribution is 0.111. The van der Waals surface area contributed by atoms with Crippen LogP contribution in [0.2, 0.25) is 0 Å². The van der Waals surface area contributed by atoms with E-state index in [4.69, 9.17) is 0 Å². The van der Waals surface area contributed by atoms with Crippen LogP contribution in [0.25, 0.3) is 5.65 Å². The minimum atomic E-state index is 0.643. The van der Waals surface area contributed by atoms with E-state index in [1.165, 1.54) is 0 Å². The van der Waals surface area contributed by atoms with Gasteiger partial charge in [-0.2, -0.15) is 0 Å². The Hall–Kier alpha value is -1.64.